The molecule has 2 unspecified atom stereocenters. The van der Waals surface area contributed by atoms with Crippen molar-refractivity contribution in [3.8, 4) is 0 Å². The molecule has 1 aromatic heterocycles. The van der Waals surface area contributed by atoms with Gasteiger partial charge in [-0.2, -0.15) is 11.8 Å². The van der Waals surface area contributed by atoms with E-state index >= 15 is 0 Å². The number of carbonyl (C=O) groups excluding carboxylic acids is 1. The molecule has 2 aliphatic rings. The fraction of sp³-hybridized carbons (Fsp3) is 0.500. The van der Waals surface area contributed by atoms with Crippen LogP contribution in [0.1, 0.15) is 16.1 Å². The van der Waals surface area contributed by atoms with Gasteiger partial charge in [-0.05, 0) is 18.6 Å². The maximum Gasteiger partial charge on any atom is 0.264 e. The van der Waals surface area contributed by atoms with Gasteiger partial charge in [0, 0.05) is 23.6 Å². The number of likely N-dealkylation sites (tertiary alicyclic amines) is 1. The van der Waals surface area contributed by atoms with Crippen LogP contribution in [-0.2, 0) is 0 Å². The van der Waals surface area contributed by atoms with E-state index in [1.54, 1.807) is 6.07 Å². The zero-order valence-corrected chi connectivity index (χ0v) is 10.4. The average Bonchev–Trinajstić information content (AvgIpc) is 2.90. The van der Waals surface area contributed by atoms with E-state index in [0.717, 1.165) is 17.2 Å². The Morgan fingerprint density at radius 1 is 1.53 bits per heavy atom. The van der Waals surface area contributed by atoms with Crippen LogP contribution in [0.3, 0.4) is 0 Å². The first-order valence-electron chi connectivity index (χ1n) is 4.92. The van der Waals surface area contributed by atoms with Crippen LogP contribution in [0.25, 0.3) is 0 Å². The minimum Gasteiger partial charge on any atom is -0.333 e. The van der Waals surface area contributed by atoms with Crippen LogP contribution in [0.2, 0.25) is 4.34 Å². The summed E-state index contributed by atoms with van der Waals surface area (Å²) in [5.41, 5.74) is 0. The lowest BCUT2D eigenvalue weighted by Crippen LogP contribution is -2.38. The van der Waals surface area contributed by atoms with Crippen molar-refractivity contribution in [3.63, 3.8) is 0 Å². The van der Waals surface area contributed by atoms with Crippen molar-refractivity contribution in [1.82, 2.24) is 4.90 Å². The third kappa shape index (κ3) is 1.69. The molecule has 80 valence electrons. The Morgan fingerprint density at radius 2 is 2.40 bits per heavy atom. The molecule has 2 saturated heterocycles. The third-order valence-corrected chi connectivity index (χ3v) is 5.55. The molecule has 0 aromatic carbocycles. The van der Waals surface area contributed by atoms with E-state index in [2.05, 4.69) is 0 Å². The molecule has 3 heterocycles. The summed E-state index contributed by atoms with van der Waals surface area (Å²) in [7, 11) is 0. The SMILES string of the molecule is O=C(c1ccc(Cl)s1)N1CC2CC1CS2. The van der Waals surface area contributed by atoms with Crippen molar-refractivity contribution in [2.45, 2.75) is 17.7 Å². The van der Waals surface area contributed by atoms with Crippen LogP contribution in [-0.4, -0.2) is 34.4 Å². The first-order valence-corrected chi connectivity index (χ1v) is 7.16. The van der Waals surface area contributed by atoms with Gasteiger partial charge in [0.15, 0.2) is 0 Å². The van der Waals surface area contributed by atoms with E-state index in [1.165, 1.54) is 17.8 Å². The molecule has 0 aliphatic carbocycles. The molecule has 1 aromatic rings. The van der Waals surface area contributed by atoms with Gasteiger partial charge in [-0.25, -0.2) is 0 Å². The lowest BCUT2D eigenvalue weighted by Gasteiger charge is -2.26. The summed E-state index contributed by atoms with van der Waals surface area (Å²) in [5, 5.41) is 0.675. The van der Waals surface area contributed by atoms with Gasteiger partial charge in [0.25, 0.3) is 5.91 Å². The molecule has 15 heavy (non-hydrogen) atoms. The van der Waals surface area contributed by atoms with Gasteiger partial charge in [-0.15, -0.1) is 11.3 Å². The van der Waals surface area contributed by atoms with Crippen molar-refractivity contribution in [2.75, 3.05) is 12.3 Å². The van der Waals surface area contributed by atoms with E-state index in [-0.39, 0.29) is 5.91 Å². The largest absolute Gasteiger partial charge is 0.333 e. The molecule has 0 saturated carbocycles. The van der Waals surface area contributed by atoms with Crippen LogP contribution in [0.4, 0.5) is 0 Å². The van der Waals surface area contributed by atoms with Gasteiger partial charge in [-0.3, -0.25) is 4.79 Å². The van der Waals surface area contributed by atoms with E-state index in [1.807, 2.05) is 22.7 Å². The van der Waals surface area contributed by atoms with Crippen molar-refractivity contribution < 1.29 is 4.79 Å². The Balaban J connectivity index is 1.81. The standard InChI is InChI=1S/C10H10ClNOS2/c11-9-2-1-8(15-9)10(13)12-4-7-3-6(12)5-14-7/h1-2,6-7H,3-5H2. The Kier molecular flexibility index (Phi) is 2.45. The maximum absolute atomic E-state index is 12.1. The molecule has 0 radical (unpaired) electrons. The molecular weight excluding hydrogens is 250 g/mol. The molecule has 1 amide bonds. The smallest absolute Gasteiger partial charge is 0.264 e. The zero-order chi connectivity index (χ0) is 10.4. The third-order valence-electron chi connectivity index (χ3n) is 2.95. The topological polar surface area (TPSA) is 20.3 Å². The summed E-state index contributed by atoms with van der Waals surface area (Å²) in [6, 6.07) is 4.09. The van der Waals surface area contributed by atoms with Crippen molar-refractivity contribution in [2.24, 2.45) is 0 Å². The Labute approximate surface area is 102 Å². The number of nitrogens with zero attached hydrogens (tertiary/aromatic N) is 1. The van der Waals surface area contributed by atoms with E-state index < -0.39 is 0 Å². The highest BCUT2D eigenvalue weighted by Crippen LogP contribution is 2.38. The number of rotatable bonds is 1. The minimum atomic E-state index is 0.166. The van der Waals surface area contributed by atoms with Gasteiger partial charge < -0.3 is 4.90 Å². The molecule has 5 heteroatoms. The molecule has 2 fully saturated rings. The number of hydrogen-bond acceptors (Lipinski definition) is 3. The van der Waals surface area contributed by atoms with Crippen molar-refractivity contribution in [1.29, 1.82) is 0 Å². The molecule has 0 N–H and O–H groups in total. The van der Waals surface area contributed by atoms with Gasteiger partial charge >= 0.3 is 0 Å². The number of thioether (sulfide) groups is 1. The minimum absolute atomic E-state index is 0.166. The summed E-state index contributed by atoms with van der Waals surface area (Å²) >= 11 is 9.21. The van der Waals surface area contributed by atoms with Gasteiger partial charge in [0.2, 0.25) is 0 Å². The number of halogens is 1. The molecule has 2 nitrogen and oxygen atoms in total. The second-order valence-corrected chi connectivity index (χ2v) is 6.95. The number of fused-ring (bicyclic) bond motifs is 2. The normalized spacial score (nSPS) is 28.7. The molecule has 3 rings (SSSR count). The highest BCUT2D eigenvalue weighted by molar-refractivity contribution is 8.00. The van der Waals surface area contributed by atoms with Gasteiger partial charge in [0.05, 0.1) is 9.21 Å². The zero-order valence-electron chi connectivity index (χ0n) is 7.98. The van der Waals surface area contributed by atoms with Gasteiger partial charge in [0.1, 0.15) is 0 Å². The fourth-order valence-corrected chi connectivity index (χ4v) is 4.65. The van der Waals surface area contributed by atoms with Crippen LogP contribution >= 0.6 is 34.7 Å². The molecule has 2 atom stereocenters. The molecule has 0 spiro atoms. The van der Waals surface area contributed by atoms with Crippen LogP contribution in [0.15, 0.2) is 12.1 Å². The second-order valence-electron chi connectivity index (χ2n) is 3.91. The fourth-order valence-electron chi connectivity index (χ4n) is 2.22. The summed E-state index contributed by atoms with van der Waals surface area (Å²) < 4.78 is 0.692. The number of thiophene rings is 1. The number of carbonyl (C=O) groups is 1. The monoisotopic (exact) mass is 259 g/mol. The quantitative estimate of drug-likeness (QED) is 0.773. The highest BCUT2D eigenvalue weighted by atomic mass is 35.5. The maximum atomic E-state index is 12.1. The Bertz CT molecular complexity index is 406. The summed E-state index contributed by atoms with van der Waals surface area (Å²) in [5.74, 6) is 1.27. The van der Waals surface area contributed by atoms with E-state index in [0.29, 0.717) is 15.6 Å². The van der Waals surface area contributed by atoms with Crippen LogP contribution in [0.5, 0.6) is 0 Å². The molecular formula is C10H10ClNOS2. The van der Waals surface area contributed by atoms with E-state index in [9.17, 15) is 4.79 Å². The lowest BCUT2D eigenvalue weighted by molar-refractivity contribution is 0.0752. The summed E-state index contributed by atoms with van der Waals surface area (Å²) in [6.45, 7) is 0.920. The highest BCUT2D eigenvalue weighted by Gasteiger charge is 2.41. The van der Waals surface area contributed by atoms with Crippen molar-refractivity contribution >= 4 is 40.6 Å². The lowest BCUT2D eigenvalue weighted by atomic mass is 10.2. The predicted molar refractivity (Wildman–Crippen MR) is 65.0 cm³/mol. The van der Waals surface area contributed by atoms with E-state index in [4.69, 9.17) is 11.6 Å². The molecule has 2 aliphatic heterocycles. The first-order chi connectivity index (χ1) is 7.24. The second kappa shape index (κ2) is 3.68. The number of hydrogen-bond donors (Lipinski definition) is 0. The average molecular weight is 260 g/mol. The molecule has 2 bridgehead atoms. The van der Waals surface area contributed by atoms with Crippen molar-refractivity contribution in [3.05, 3.63) is 21.3 Å². The first kappa shape index (κ1) is 10.00. The Hall–Kier alpha value is -0.190. The Morgan fingerprint density at radius 3 is 2.93 bits per heavy atom. The summed E-state index contributed by atoms with van der Waals surface area (Å²) in [6.07, 6.45) is 1.18. The van der Waals surface area contributed by atoms with Gasteiger partial charge in [-0.1, -0.05) is 11.6 Å². The number of amides is 1. The van der Waals surface area contributed by atoms with Crippen LogP contribution < -0.4 is 0 Å². The summed E-state index contributed by atoms with van der Waals surface area (Å²) in [4.78, 5) is 14.9. The predicted octanol–water partition coefficient (Wildman–Crippen LogP) is 2.73. The van der Waals surface area contributed by atoms with Crippen LogP contribution in [0, 0.1) is 0 Å².